The number of hydrogen-bond acceptors (Lipinski definition) is 1. The zero-order chi connectivity index (χ0) is 6.62. The summed E-state index contributed by atoms with van der Waals surface area (Å²) in [7, 11) is 1.61. The third-order valence-corrected chi connectivity index (χ3v) is 3.05. The van der Waals surface area contributed by atoms with E-state index in [0.29, 0.717) is 4.43 Å². The summed E-state index contributed by atoms with van der Waals surface area (Å²) < 4.78 is 17.3. The van der Waals surface area contributed by atoms with Crippen LogP contribution in [-0.2, 0) is 4.74 Å². The SMILES string of the molecule is COC(C)(C)C[I+]F. The quantitative estimate of drug-likeness (QED) is 0.420. The molecule has 0 aromatic rings. The van der Waals surface area contributed by atoms with Gasteiger partial charge in [0, 0.05) is 7.11 Å². The molecular formula is C5H11FIO+. The van der Waals surface area contributed by atoms with E-state index in [1.807, 2.05) is 13.8 Å². The molecule has 3 heteroatoms. The van der Waals surface area contributed by atoms with Crippen LogP contribution in [0, 0.1) is 0 Å². The van der Waals surface area contributed by atoms with Gasteiger partial charge in [-0.2, -0.15) is 0 Å². The summed E-state index contributed by atoms with van der Waals surface area (Å²) in [6.07, 6.45) is 0. The maximum absolute atomic E-state index is 11.7. The van der Waals surface area contributed by atoms with Crippen molar-refractivity contribution in [3.63, 3.8) is 0 Å². The summed E-state index contributed by atoms with van der Waals surface area (Å²) in [5.41, 5.74) is -0.234. The molecule has 0 rings (SSSR count). The molecule has 0 N–H and O–H groups in total. The predicted molar refractivity (Wildman–Crippen MR) is 27.1 cm³/mol. The summed E-state index contributed by atoms with van der Waals surface area (Å²) in [4.78, 5) is 0. The van der Waals surface area contributed by atoms with E-state index < -0.39 is 21.8 Å². The minimum Gasteiger partial charge on any atom is -0.374 e. The second-order valence-electron chi connectivity index (χ2n) is 2.20. The molecule has 0 fully saturated rings. The van der Waals surface area contributed by atoms with Gasteiger partial charge >= 0.3 is 21.8 Å². The summed E-state index contributed by atoms with van der Waals surface area (Å²) in [5.74, 6) is 0. The summed E-state index contributed by atoms with van der Waals surface area (Å²) >= 11 is -1.11. The Hall–Kier alpha value is 0.620. The normalized spacial score (nSPS) is 12.0. The van der Waals surface area contributed by atoms with Crippen LogP contribution in [0.15, 0.2) is 0 Å². The van der Waals surface area contributed by atoms with Crippen LogP contribution in [0.3, 0.4) is 0 Å². The largest absolute Gasteiger partial charge is 0.533 e. The van der Waals surface area contributed by atoms with E-state index in [1.165, 1.54) is 0 Å². The van der Waals surface area contributed by atoms with E-state index in [-0.39, 0.29) is 5.60 Å². The van der Waals surface area contributed by atoms with Gasteiger partial charge in [-0.1, -0.05) is 0 Å². The minimum atomic E-state index is -1.11. The molecule has 0 saturated heterocycles. The number of halogens is 2. The molecule has 0 aliphatic carbocycles. The lowest BCUT2D eigenvalue weighted by Gasteiger charge is -2.14. The molecular weight excluding hydrogens is 222 g/mol. The fourth-order valence-corrected chi connectivity index (χ4v) is 1.18. The average Bonchev–Trinajstić information content (AvgIpc) is 1.67. The maximum Gasteiger partial charge on any atom is 0.533 e. The van der Waals surface area contributed by atoms with Crippen molar-refractivity contribution in [3.05, 3.63) is 0 Å². The van der Waals surface area contributed by atoms with Gasteiger partial charge in [0.25, 0.3) is 0 Å². The van der Waals surface area contributed by atoms with Crippen molar-refractivity contribution in [1.82, 2.24) is 0 Å². The van der Waals surface area contributed by atoms with Crippen LogP contribution in [-0.4, -0.2) is 17.1 Å². The molecule has 0 aromatic carbocycles. The number of rotatable bonds is 3. The van der Waals surface area contributed by atoms with Gasteiger partial charge in [0.15, 0.2) is 0 Å². The Morgan fingerprint density at radius 2 is 2.12 bits per heavy atom. The van der Waals surface area contributed by atoms with E-state index in [1.54, 1.807) is 7.11 Å². The smallest absolute Gasteiger partial charge is 0.374 e. The molecule has 0 atom stereocenters. The van der Waals surface area contributed by atoms with Crippen molar-refractivity contribution in [2.45, 2.75) is 19.4 Å². The van der Waals surface area contributed by atoms with Crippen LogP contribution in [0.25, 0.3) is 0 Å². The van der Waals surface area contributed by atoms with Crippen molar-refractivity contribution in [2.75, 3.05) is 11.5 Å². The number of methoxy groups -OCH3 is 1. The van der Waals surface area contributed by atoms with Crippen molar-refractivity contribution >= 4 is 0 Å². The Morgan fingerprint density at radius 1 is 1.62 bits per heavy atom. The lowest BCUT2D eigenvalue weighted by molar-refractivity contribution is -0.832. The molecule has 50 valence electrons. The second kappa shape index (κ2) is 3.61. The van der Waals surface area contributed by atoms with Gasteiger partial charge < -0.3 is 4.74 Å². The monoisotopic (exact) mass is 233 g/mol. The molecule has 0 aliphatic rings. The van der Waals surface area contributed by atoms with Crippen LogP contribution >= 0.6 is 0 Å². The summed E-state index contributed by atoms with van der Waals surface area (Å²) in [6.45, 7) is 3.79. The third-order valence-electron chi connectivity index (χ3n) is 0.925. The van der Waals surface area contributed by atoms with E-state index in [0.717, 1.165) is 0 Å². The number of alkyl halides is 1. The fraction of sp³-hybridized carbons (Fsp3) is 1.00. The molecule has 0 aromatic heterocycles. The summed E-state index contributed by atoms with van der Waals surface area (Å²) in [6, 6.07) is 0. The molecule has 0 unspecified atom stereocenters. The fourth-order valence-electron chi connectivity index (χ4n) is 0.176. The Kier molecular flexibility index (Phi) is 3.89. The molecule has 0 heterocycles. The first-order valence-corrected chi connectivity index (χ1v) is 4.72. The molecule has 0 bridgehead atoms. The van der Waals surface area contributed by atoms with Crippen LogP contribution in [0.1, 0.15) is 13.8 Å². The molecule has 0 saturated carbocycles. The van der Waals surface area contributed by atoms with E-state index in [2.05, 4.69) is 0 Å². The Morgan fingerprint density at radius 3 is 2.25 bits per heavy atom. The standard InChI is InChI=1S/C5H11FIO/c1-5(2,8-3)4-7-6/h4H2,1-3H3/q+1. The Balaban J connectivity index is 3.37. The van der Waals surface area contributed by atoms with Crippen molar-refractivity contribution in [3.8, 4) is 0 Å². The number of ether oxygens (including phenoxy) is 1. The average molecular weight is 233 g/mol. The molecule has 0 aliphatic heterocycles. The molecule has 0 radical (unpaired) electrons. The maximum atomic E-state index is 11.7. The topological polar surface area (TPSA) is 9.23 Å². The highest BCUT2D eigenvalue weighted by Gasteiger charge is 2.25. The first-order valence-electron chi connectivity index (χ1n) is 2.38. The highest BCUT2D eigenvalue weighted by atomic mass is 127. The predicted octanol–water partition coefficient (Wildman–Crippen LogP) is -1.62. The lowest BCUT2D eigenvalue weighted by atomic mass is 10.2. The van der Waals surface area contributed by atoms with E-state index >= 15 is 0 Å². The first-order chi connectivity index (χ1) is 3.62. The van der Waals surface area contributed by atoms with Crippen LogP contribution in [0.5, 0.6) is 0 Å². The third kappa shape index (κ3) is 3.60. The molecule has 0 spiro atoms. The molecule has 1 nitrogen and oxygen atoms in total. The summed E-state index contributed by atoms with van der Waals surface area (Å²) in [5, 5.41) is 0. The number of hydrogen-bond donors (Lipinski definition) is 0. The highest BCUT2D eigenvalue weighted by molar-refractivity contribution is 4.62. The zero-order valence-electron chi connectivity index (χ0n) is 5.37. The van der Waals surface area contributed by atoms with Crippen molar-refractivity contribution in [1.29, 1.82) is 0 Å². The molecule has 8 heavy (non-hydrogen) atoms. The first kappa shape index (κ1) is 8.62. The van der Waals surface area contributed by atoms with E-state index in [4.69, 9.17) is 4.74 Å². The van der Waals surface area contributed by atoms with Gasteiger partial charge in [0.1, 0.15) is 5.60 Å². The second-order valence-corrected chi connectivity index (χ2v) is 3.54. The zero-order valence-corrected chi connectivity index (χ0v) is 7.53. The molecule has 0 amide bonds. The van der Waals surface area contributed by atoms with Crippen molar-refractivity contribution in [2.24, 2.45) is 0 Å². The van der Waals surface area contributed by atoms with Crippen LogP contribution < -0.4 is 21.8 Å². The van der Waals surface area contributed by atoms with Crippen LogP contribution in [0.4, 0.5) is 2.86 Å². The highest BCUT2D eigenvalue weighted by Crippen LogP contribution is 2.00. The van der Waals surface area contributed by atoms with Crippen molar-refractivity contribution < 1.29 is 29.4 Å². The van der Waals surface area contributed by atoms with Gasteiger partial charge in [-0.05, 0) is 13.8 Å². The Labute approximate surface area is 60.6 Å². The minimum absolute atomic E-state index is 0.234. The van der Waals surface area contributed by atoms with Gasteiger partial charge in [-0.25, -0.2) is 0 Å². The Bertz CT molecular complexity index is 65.4. The van der Waals surface area contributed by atoms with Crippen LogP contribution in [0.2, 0.25) is 0 Å². The van der Waals surface area contributed by atoms with Gasteiger partial charge in [-0.3, -0.25) is 0 Å². The van der Waals surface area contributed by atoms with E-state index in [9.17, 15) is 2.86 Å². The van der Waals surface area contributed by atoms with Gasteiger partial charge in [0.2, 0.25) is 4.43 Å². The lowest BCUT2D eigenvalue weighted by Crippen LogP contribution is -3.58. The van der Waals surface area contributed by atoms with Gasteiger partial charge in [0.05, 0.1) is 2.86 Å². The van der Waals surface area contributed by atoms with Gasteiger partial charge in [-0.15, -0.1) is 0 Å².